The number of alkyl halides is 3. The zero-order valence-electron chi connectivity index (χ0n) is 11.8. The molecule has 0 aliphatic carbocycles. The van der Waals surface area contributed by atoms with Crippen molar-refractivity contribution in [2.75, 3.05) is 6.26 Å². The van der Waals surface area contributed by atoms with Crippen LogP contribution < -0.4 is 0 Å². The van der Waals surface area contributed by atoms with Crippen molar-refractivity contribution >= 4 is 15.8 Å². The average Bonchev–Trinajstić information content (AvgIpc) is 2.45. The summed E-state index contributed by atoms with van der Waals surface area (Å²) in [7, 11) is -3.57. The molecule has 2 aromatic carbocycles. The van der Waals surface area contributed by atoms with E-state index in [1.165, 1.54) is 18.2 Å². The average molecular weight is 344 g/mol. The minimum absolute atomic E-state index is 0.0800. The van der Waals surface area contributed by atoms with E-state index in [0.717, 1.165) is 18.4 Å². The fourth-order valence-corrected chi connectivity index (χ4v) is 2.71. The molecule has 0 saturated carbocycles. The van der Waals surface area contributed by atoms with E-state index in [1.54, 1.807) is 0 Å². The number of benzene rings is 2. The van der Waals surface area contributed by atoms with Crippen molar-refractivity contribution in [1.29, 1.82) is 0 Å². The van der Waals surface area contributed by atoms with Crippen molar-refractivity contribution in [3.05, 3.63) is 53.6 Å². The summed E-state index contributed by atoms with van der Waals surface area (Å²) in [6.45, 7) is 0. The normalized spacial score (nSPS) is 12.2. The Morgan fingerprint density at radius 3 is 2.26 bits per heavy atom. The van der Waals surface area contributed by atoms with Gasteiger partial charge < -0.3 is 5.11 Å². The molecule has 4 nitrogen and oxygen atoms in total. The summed E-state index contributed by atoms with van der Waals surface area (Å²) in [4.78, 5) is 11.1. The first-order valence-electron chi connectivity index (χ1n) is 6.25. The molecular formula is C15H11F3O4S. The van der Waals surface area contributed by atoms with Gasteiger partial charge in [-0.25, -0.2) is 13.2 Å². The van der Waals surface area contributed by atoms with Gasteiger partial charge in [0.2, 0.25) is 0 Å². The molecule has 0 saturated heterocycles. The number of halogens is 3. The first-order chi connectivity index (χ1) is 10.5. The lowest BCUT2D eigenvalue weighted by Gasteiger charge is -2.12. The lowest BCUT2D eigenvalue weighted by molar-refractivity contribution is -0.137. The van der Waals surface area contributed by atoms with Crippen LogP contribution in [0.3, 0.4) is 0 Å². The highest BCUT2D eigenvalue weighted by Crippen LogP contribution is 2.34. The molecule has 1 N–H and O–H groups in total. The summed E-state index contributed by atoms with van der Waals surface area (Å²) < 4.78 is 61.7. The van der Waals surface area contributed by atoms with Crippen LogP contribution in [0.5, 0.6) is 0 Å². The highest BCUT2D eigenvalue weighted by molar-refractivity contribution is 7.90. The summed E-state index contributed by atoms with van der Waals surface area (Å²) in [5.74, 6) is -1.40. The quantitative estimate of drug-likeness (QED) is 0.925. The van der Waals surface area contributed by atoms with Gasteiger partial charge in [-0.2, -0.15) is 13.2 Å². The molecular weight excluding hydrogens is 333 g/mol. The summed E-state index contributed by atoms with van der Waals surface area (Å²) in [5, 5.41) is 9.15. The number of hydrogen-bond donors (Lipinski definition) is 1. The van der Waals surface area contributed by atoms with Gasteiger partial charge in [-0.3, -0.25) is 0 Å². The van der Waals surface area contributed by atoms with Gasteiger partial charge in [-0.1, -0.05) is 12.1 Å². The largest absolute Gasteiger partial charge is 0.478 e. The fraction of sp³-hybridized carbons (Fsp3) is 0.133. The topological polar surface area (TPSA) is 71.4 Å². The van der Waals surface area contributed by atoms with Gasteiger partial charge in [-0.15, -0.1) is 0 Å². The number of aromatic carboxylic acids is 1. The van der Waals surface area contributed by atoms with Gasteiger partial charge in [0.05, 0.1) is 16.0 Å². The predicted octanol–water partition coefficient (Wildman–Crippen LogP) is 3.47. The lowest BCUT2D eigenvalue weighted by Crippen LogP contribution is -2.08. The lowest BCUT2D eigenvalue weighted by atomic mass is 9.97. The fourth-order valence-electron chi connectivity index (χ4n) is 2.04. The second-order valence-electron chi connectivity index (χ2n) is 4.86. The molecule has 0 fully saturated rings. The first kappa shape index (κ1) is 17.0. The van der Waals surface area contributed by atoms with Crippen LogP contribution in [0.4, 0.5) is 13.2 Å². The van der Waals surface area contributed by atoms with E-state index in [-0.39, 0.29) is 21.6 Å². The molecule has 23 heavy (non-hydrogen) atoms. The van der Waals surface area contributed by atoms with Gasteiger partial charge >= 0.3 is 12.1 Å². The molecule has 8 heteroatoms. The molecule has 122 valence electrons. The van der Waals surface area contributed by atoms with Crippen LogP contribution in [0.2, 0.25) is 0 Å². The van der Waals surface area contributed by atoms with Crippen molar-refractivity contribution in [2.24, 2.45) is 0 Å². The Morgan fingerprint density at radius 2 is 1.74 bits per heavy atom. The van der Waals surface area contributed by atoms with Gasteiger partial charge in [0, 0.05) is 6.26 Å². The summed E-state index contributed by atoms with van der Waals surface area (Å²) >= 11 is 0. The molecule has 0 aliphatic rings. The van der Waals surface area contributed by atoms with Gasteiger partial charge in [-0.05, 0) is 41.5 Å². The zero-order chi connectivity index (χ0) is 17.4. The third kappa shape index (κ3) is 3.70. The minimum Gasteiger partial charge on any atom is -0.478 e. The van der Waals surface area contributed by atoms with Crippen LogP contribution in [-0.4, -0.2) is 25.7 Å². The molecule has 0 unspecified atom stereocenters. The SMILES string of the molecule is CS(=O)(=O)c1cccc(-c2cc(C(F)(F)F)ccc2C(=O)O)c1. The molecule has 0 heterocycles. The Balaban J connectivity index is 2.73. The van der Waals surface area contributed by atoms with E-state index in [1.807, 2.05) is 0 Å². The molecule has 0 radical (unpaired) electrons. The van der Waals surface area contributed by atoms with E-state index < -0.39 is 27.5 Å². The zero-order valence-corrected chi connectivity index (χ0v) is 12.6. The number of carbonyl (C=O) groups is 1. The third-order valence-corrected chi connectivity index (χ3v) is 4.26. The number of carboxylic acid groups (broad SMARTS) is 1. The number of rotatable bonds is 3. The highest BCUT2D eigenvalue weighted by atomic mass is 32.2. The molecule has 0 aromatic heterocycles. The van der Waals surface area contributed by atoms with E-state index in [4.69, 9.17) is 5.11 Å². The van der Waals surface area contributed by atoms with E-state index in [0.29, 0.717) is 12.1 Å². The third-order valence-electron chi connectivity index (χ3n) is 3.15. The van der Waals surface area contributed by atoms with Crippen molar-refractivity contribution in [3.63, 3.8) is 0 Å². The maximum Gasteiger partial charge on any atom is 0.416 e. The van der Waals surface area contributed by atoms with E-state index in [2.05, 4.69) is 0 Å². The van der Waals surface area contributed by atoms with E-state index >= 15 is 0 Å². The maximum absolute atomic E-state index is 12.8. The highest BCUT2D eigenvalue weighted by Gasteiger charge is 2.31. The molecule has 0 aliphatic heterocycles. The van der Waals surface area contributed by atoms with E-state index in [9.17, 15) is 26.4 Å². The van der Waals surface area contributed by atoms with Crippen LogP contribution in [0.15, 0.2) is 47.4 Å². The van der Waals surface area contributed by atoms with Crippen molar-refractivity contribution in [3.8, 4) is 11.1 Å². The van der Waals surface area contributed by atoms with Crippen LogP contribution >= 0.6 is 0 Å². The molecule has 0 spiro atoms. The second kappa shape index (κ2) is 5.69. The summed E-state index contributed by atoms with van der Waals surface area (Å²) in [6.07, 6.45) is -3.68. The van der Waals surface area contributed by atoms with Crippen molar-refractivity contribution < 1.29 is 31.5 Å². The van der Waals surface area contributed by atoms with Crippen molar-refractivity contribution in [2.45, 2.75) is 11.1 Å². The number of carboxylic acids is 1. The molecule has 0 bridgehead atoms. The van der Waals surface area contributed by atoms with Gasteiger partial charge in [0.1, 0.15) is 0 Å². The second-order valence-corrected chi connectivity index (χ2v) is 6.88. The monoisotopic (exact) mass is 344 g/mol. The van der Waals surface area contributed by atoms with Gasteiger partial charge in [0.15, 0.2) is 9.84 Å². The Bertz CT molecular complexity index is 871. The smallest absolute Gasteiger partial charge is 0.416 e. The van der Waals surface area contributed by atoms with Crippen LogP contribution in [0.1, 0.15) is 15.9 Å². The van der Waals surface area contributed by atoms with Gasteiger partial charge in [0.25, 0.3) is 0 Å². The Kier molecular flexibility index (Phi) is 4.21. The summed E-state index contributed by atoms with van der Waals surface area (Å²) in [6, 6.07) is 7.37. The maximum atomic E-state index is 12.8. The molecule has 2 rings (SSSR count). The predicted molar refractivity (Wildman–Crippen MR) is 76.9 cm³/mol. The summed E-state index contributed by atoms with van der Waals surface area (Å²) in [5.41, 5.74) is -1.47. The Labute approximate surface area is 130 Å². The van der Waals surface area contributed by atoms with Crippen LogP contribution in [-0.2, 0) is 16.0 Å². The van der Waals surface area contributed by atoms with Crippen molar-refractivity contribution in [1.82, 2.24) is 0 Å². The minimum atomic E-state index is -4.64. The van der Waals surface area contributed by atoms with Crippen LogP contribution in [0.25, 0.3) is 11.1 Å². The first-order valence-corrected chi connectivity index (χ1v) is 8.14. The standard InChI is InChI=1S/C15H11F3O4S/c1-23(21,22)11-4-2-3-9(7-11)13-8-10(15(16,17)18)5-6-12(13)14(19)20/h2-8H,1H3,(H,19,20). The molecule has 0 amide bonds. The molecule has 0 atom stereocenters. The molecule has 2 aromatic rings. The number of sulfone groups is 1. The number of hydrogen-bond acceptors (Lipinski definition) is 3. The Hall–Kier alpha value is -2.35. The Morgan fingerprint density at radius 1 is 1.09 bits per heavy atom. The van der Waals surface area contributed by atoms with Crippen LogP contribution in [0, 0.1) is 0 Å².